The second-order valence-electron chi connectivity index (χ2n) is 7.15. The maximum absolute atomic E-state index is 12.7. The van der Waals surface area contributed by atoms with Crippen molar-refractivity contribution >= 4 is 11.6 Å². The van der Waals surface area contributed by atoms with Crippen LogP contribution in [0.4, 0.5) is 18.9 Å². The molecule has 9 heteroatoms. The summed E-state index contributed by atoms with van der Waals surface area (Å²) < 4.78 is 43.7. The van der Waals surface area contributed by atoms with Crippen LogP contribution in [0.1, 0.15) is 22.5 Å². The molecule has 0 radical (unpaired) electrons. The Morgan fingerprint density at radius 2 is 1.87 bits per heavy atom. The van der Waals surface area contributed by atoms with Gasteiger partial charge in [-0.1, -0.05) is 30.3 Å². The van der Waals surface area contributed by atoms with Crippen LogP contribution >= 0.6 is 0 Å². The monoisotopic (exact) mass is 428 g/mol. The van der Waals surface area contributed by atoms with E-state index in [9.17, 15) is 18.0 Å². The third-order valence-electron chi connectivity index (χ3n) is 5.01. The fourth-order valence-electron chi connectivity index (χ4n) is 3.49. The number of pyridine rings is 2. The molecule has 2 aromatic heterocycles. The first-order valence-corrected chi connectivity index (χ1v) is 9.62. The fraction of sp³-hybridized carbons (Fsp3) is 0.227. The zero-order chi connectivity index (χ0) is 22.0. The van der Waals surface area contributed by atoms with Gasteiger partial charge in [0.1, 0.15) is 6.10 Å². The Hall–Kier alpha value is -3.62. The van der Waals surface area contributed by atoms with Crippen molar-refractivity contribution < 1.29 is 22.7 Å². The van der Waals surface area contributed by atoms with Gasteiger partial charge in [0.2, 0.25) is 5.88 Å². The number of halogens is 3. The average Bonchev–Trinajstić information content (AvgIpc) is 3.22. The molecule has 1 atom stereocenters. The topological polar surface area (TPSA) is 81.3 Å². The summed E-state index contributed by atoms with van der Waals surface area (Å²) in [5.41, 5.74) is 7.01. The quantitative estimate of drug-likeness (QED) is 0.666. The molecule has 1 aliphatic heterocycles. The Balaban J connectivity index is 1.49. The number of primary amides is 1. The second-order valence-corrected chi connectivity index (χ2v) is 7.15. The van der Waals surface area contributed by atoms with E-state index in [0.717, 1.165) is 17.8 Å². The minimum absolute atomic E-state index is 0.118. The normalized spacial score (nSPS) is 16.4. The van der Waals surface area contributed by atoms with Crippen LogP contribution in [0.2, 0.25) is 0 Å². The minimum Gasteiger partial charge on any atom is -0.472 e. The van der Waals surface area contributed by atoms with Crippen molar-refractivity contribution in [2.75, 3.05) is 18.0 Å². The van der Waals surface area contributed by atoms with Gasteiger partial charge in [0, 0.05) is 30.8 Å². The summed E-state index contributed by atoms with van der Waals surface area (Å²) in [7, 11) is 0. The smallest absolute Gasteiger partial charge is 0.417 e. The van der Waals surface area contributed by atoms with Gasteiger partial charge in [0.25, 0.3) is 5.91 Å². The lowest BCUT2D eigenvalue weighted by atomic mass is 10.1. The molecule has 2 N–H and O–H groups in total. The number of rotatable bonds is 5. The molecule has 0 bridgehead atoms. The number of amides is 1. The van der Waals surface area contributed by atoms with Crippen LogP contribution in [0.3, 0.4) is 0 Å². The first-order valence-electron chi connectivity index (χ1n) is 9.62. The summed E-state index contributed by atoms with van der Waals surface area (Å²) in [5, 5.41) is 0. The van der Waals surface area contributed by atoms with Gasteiger partial charge in [-0.05, 0) is 18.2 Å². The van der Waals surface area contributed by atoms with Gasteiger partial charge in [-0.15, -0.1) is 0 Å². The van der Waals surface area contributed by atoms with E-state index in [1.165, 1.54) is 6.07 Å². The van der Waals surface area contributed by atoms with E-state index in [-0.39, 0.29) is 17.7 Å². The maximum Gasteiger partial charge on any atom is 0.417 e. The van der Waals surface area contributed by atoms with Crippen LogP contribution in [-0.4, -0.2) is 35.1 Å². The molecule has 1 amide bonds. The van der Waals surface area contributed by atoms with Crippen LogP contribution in [-0.2, 0) is 6.18 Å². The molecule has 0 saturated carbocycles. The van der Waals surface area contributed by atoms with Crippen LogP contribution in [0.5, 0.6) is 5.88 Å². The van der Waals surface area contributed by atoms with Gasteiger partial charge < -0.3 is 15.4 Å². The van der Waals surface area contributed by atoms with E-state index in [4.69, 9.17) is 10.5 Å². The van der Waals surface area contributed by atoms with Crippen molar-refractivity contribution in [2.24, 2.45) is 5.73 Å². The summed E-state index contributed by atoms with van der Waals surface area (Å²) in [6.07, 6.45) is -3.38. The highest BCUT2D eigenvalue weighted by molar-refractivity contribution is 5.97. The molecule has 3 heterocycles. The third kappa shape index (κ3) is 4.60. The summed E-state index contributed by atoms with van der Waals surface area (Å²) in [6.45, 7) is 1.01. The van der Waals surface area contributed by atoms with Crippen LogP contribution in [0, 0.1) is 0 Å². The number of nitrogens with two attached hydrogens (primary N) is 1. The molecule has 1 unspecified atom stereocenters. The molecule has 1 saturated heterocycles. The largest absolute Gasteiger partial charge is 0.472 e. The highest BCUT2D eigenvalue weighted by atomic mass is 19.4. The number of alkyl halides is 3. The fourth-order valence-corrected chi connectivity index (χ4v) is 3.49. The Bertz CT molecular complexity index is 1070. The first-order chi connectivity index (χ1) is 14.8. The van der Waals surface area contributed by atoms with Crippen molar-refractivity contribution in [3.63, 3.8) is 0 Å². The molecule has 1 aliphatic rings. The van der Waals surface area contributed by atoms with E-state index in [1.54, 1.807) is 6.07 Å². The van der Waals surface area contributed by atoms with Crippen LogP contribution in [0.25, 0.3) is 11.3 Å². The second kappa shape index (κ2) is 8.25. The Morgan fingerprint density at radius 3 is 2.52 bits per heavy atom. The number of carbonyl (C=O) groups is 1. The van der Waals surface area contributed by atoms with Crippen LogP contribution in [0.15, 0.2) is 60.8 Å². The number of anilines is 1. The highest BCUT2D eigenvalue weighted by Gasteiger charge is 2.31. The summed E-state index contributed by atoms with van der Waals surface area (Å²) >= 11 is 0. The predicted octanol–water partition coefficient (Wildman–Crippen LogP) is 3.92. The third-order valence-corrected chi connectivity index (χ3v) is 5.01. The zero-order valence-corrected chi connectivity index (χ0v) is 16.3. The molecule has 0 spiro atoms. The van der Waals surface area contributed by atoms with Gasteiger partial charge in [-0.3, -0.25) is 4.79 Å². The van der Waals surface area contributed by atoms with Gasteiger partial charge in [-0.25, -0.2) is 9.97 Å². The number of hydrogen-bond acceptors (Lipinski definition) is 5. The van der Waals surface area contributed by atoms with Gasteiger partial charge in [0.05, 0.1) is 23.5 Å². The first kappa shape index (κ1) is 20.6. The summed E-state index contributed by atoms with van der Waals surface area (Å²) in [4.78, 5) is 22.2. The Morgan fingerprint density at radius 1 is 1.10 bits per heavy atom. The number of aromatic nitrogens is 2. The highest BCUT2D eigenvalue weighted by Crippen LogP contribution is 2.31. The molecule has 1 aromatic carbocycles. The van der Waals surface area contributed by atoms with E-state index >= 15 is 0 Å². The molecule has 6 nitrogen and oxygen atoms in total. The predicted molar refractivity (Wildman–Crippen MR) is 109 cm³/mol. The van der Waals surface area contributed by atoms with Crippen molar-refractivity contribution in [1.82, 2.24) is 9.97 Å². The SMILES string of the molecule is NC(=O)c1nc(-c2ccccc2)ccc1N1CCC(Oc2ccc(C(F)(F)F)cn2)C1. The molecule has 31 heavy (non-hydrogen) atoms. The Labute approximate surface area is 176 Å². The number of hydrogen-bond donors (Lipinski definition) is 1. The molecular formula is C22H19F3N4O2. The lowest BCUT2D eigenvalue weighted by molar-refractivity contribution is -0.137. The molecule has 160 valence electrons. The number of carbonyl (C=O) groups excluding carboxylic acids is 1. The summed E-state index contributed by atoms with van der Waals surface area (Å²) in [6, 6.07) is 15.2. The van der Waals surface area contributed by atoms with E-state index < -0.39 is 17.6 Å². The van der Waals surface area contributed by atoms with Crippen molar-refractivity contribution in [1.29, 1.82) is 0 Å². The van der Waals surface area contributed by atoms with Crippen LogP contribution < -0.4 is 15.4 Å². The summed E-state index contributed by atoms with van der Waals surface area (Å²) in [5.74, 6) is -0.519. The average molecular weight is 428 g/mol. The van der Waals surface area contributed by atoms with Gasteiger partial charge in [-0.2, -0.15) is 13.2 Å². The lowest BCUT2D eigenvalue weighted by Crippen LogP contribution is -2.28. The van der Waals surface area contributed by atoms with Crippen molar-refractivity contribution in [3.8, 4) is 17.1 Å². The minimum atomic E-state index is -4.44. The molecule has 0 aliphatic carbocycles. The molecular weight excluding hydrogens is 409 g/mol. The van der Waals surface area contributed by atoms with Gasteiger partial charge >= 0.3 is 6.18 Å². The number of nitrogens with zero attached hydrogens (tertiary/aromatic N) is 3. The molecule has 1 fully saturated rings. The van der Waals surface area contributed by atoms with E-state index in [0.29, 0.717) is 30.9 Å². The van der Waals surface area contributed by atoms with Gasteiger partial charge in [0.15, 0.2) is 5.69 Å². The maximum atomic E-state index is 12.7. The Kier molecular flexibility index (Phi) is 5.50. The van der Waals surface area contributed by atoms with E-state index in [2.05, 4.69) is 9.97 Å². The lowest BCUT2D eigenvalue weighted by Gasteiger charge is -2.21. The zero-order valence-electron chi connectivity index (χ0n) is 16.3. The molecule has 4 rings (SSSR count). The molecule has 3 aromatic rings. The standard InChI is InChI=1S/C22H19F3N4O2/c23-22(24,25)15-6-9-19(27-12-15)31-16-10-11-29(13-16)18-8-7-17(28-20(18)21(26)30)14-4-2-1-3-5-14/h1-9,12,16H,10-11,13H2,(H2,26,30). The number of ether oxygens (including phenoxy) is 1. The van der Waals surface area contributed by atoms with Crippen molar-refractivity contribution in [3.05, 3.63) is 72.1 Å². The van der Waals surface area contributed by atoms with E-state index in [1.807, 2.05) is 41.3 Å². The number of benzene rings is 1. The van der Waals surface area contributed by atoms with Crippen molar-refractivity contribution in [2.45, 2.75) is 18.7 Å².